The summed E-state index contributed by atoms with van der Waals surface area (Å²) in [6.07, 6.45) is 3.05. The van der Waals surface area contributed by atoms with E-state index in [-0.39, 0.29) is 5.91 Å². The molecule has 2 aromatic heterocycles. The monoisotopic (exact) mass is 222 g/mol. The highest BCUT2D eigenvalue weighted by Gasteiger charge is 2.06. The standard InChI is InChI=1S/C9H10N4OS/c1-6-5-15-8(13-6)4-10-9(14)7-2-11-12-3-7/h2-3,5H,4H2,1H3,(H,10,14)(H,11,12). The molecule has 6 heteroatoms. The van der Waals surface area contributed by atoms with Gasteiger partial charge in [0.05, 0.1) is 18.3 Å². The van der Waals surface area contributed by atoms with E-state index < -0.39 is 0 Å². The number of rotatable bonds is 3. The molecule has 5 nitrogen and oxygen atoms in total. The topological polar surface area (TPSA) is 70.7 Å². The van der Waals surface area contributed by atoms with Crippen LogP contribution in [0.3, 0.4) is 0 Å². The summed E-state index contributed by atoms with van der Waals surface area (Å²) >= 11 is 1.54. The van der Waals surface area contributed by atoms with E-state index in [1.165, 1.54) is 17.5 Å². The number of aromatic nitrogens is 3. The Kier molecular flexibility index (Phi) is 2.77. The number of nitrogens with one attached hydrogen (secondary N) is 2. The number of nitrogens with zero attached hydrogens (tertiary/aromatic N) is 2. The molecule has 0 fully saturated rings. The lowest BCUT2D eigenvalue weighted by Gasteiger charge is -1.99. The van der Waals surface area contributed by atoms with Crippen LogP contribution < -0.4 is 5.32 Å². The highest BCUT2D eigenvalue weighted by Crippen LogP contribution is 2.08. The highest BCUT2D eigenvalue weighted by atomic mass is 32.1. The predicted molar refractivity (Wildman–Crippen MR) is 56.6 cm³/mol. The fourth-order valence-corrected chi connectivity index (χ4v) is 1.83. The predicted octanol–water partition coefficient (Wildman–Crippen LogP) is 1.10. The van der Waals surface area contributed by atoms with Crippen LogP contribution in [0.4, 0.5) is 0 Å². The van der Waals surface area contributed by atoms with Gasteiger partial charge in [0.1, 0.15) is 5.01 Å². The molecule has 2 aromatic rings. The van der Waals surface area contributed by atoms with Gasteiger partial charge >= 0.3 is 0 Å². The average molecular weight is 222 g/mol. The second-order valence-corrected chi connectivity index (χ2v) is 3.99. The molecule has 0 aliphatic carbocycles. The normalized spacial score (nSPS) is 10.2. The Hall–Kier alpha value is -1.69. The Labute approximate surface area is 90.6 Å². The summed E-state index contributed by atoms with van der Waals surface area (Å²) in [5.41, 5.74) is 1.51. The van der Waals surface area contributed by atoms with Gasteiger partial charge in [-0.2, -0.15) is 5.10 Å². The van der Waals surface area contributed by atoms with Crippen LogP contribution in [0.15, 0.2) is 17.8 Å². The number of carbonyl (C=O) groups is 1. The van der Waals surface area contributed by atoms with E-state index in [1.807, 2.05) is 12.3 Å². The van der Waals surface area contributed by atoms with Gasteiger partial charge in [-0.1, -0.05) is 0 Å². The molecule has 0 aromatic carbocycles. The molecule has 2 heterocycles. The Balaban J connectivity index is 1.91. The van der Waals surface area contributed by atoms with E-state index in [4.69, 9.17) is 0 Å². The molecular formula is C9H10N4OS. The number of thiazole rings is 1. The van der Waals surface area contributed by atoms with Crippen molar-refractivity contribution in [1.82, 2.24) is 20.5 Å². The molecule has 2 rings (SSSR count). The number of H-pyrrole nitrogens is 1. The molecule has 1 amide bonds. The van der Waals surface area contributed by atoms with Gasteiger partial charge in [0.15, 0.2) is 0 Å². The van der Waals surface area contributed by atoms with Crippen LogP contribution >= 0.6 is 11.3 Å². The first-order valence-electron chi connectivity index (χ1n) is 4.43. The molecule has 0 saturated carbocycles. The van der Waals surface area contributed by atoms with E-state index in [9.17, 15) is 4.79 Å². The van der Waals surface area contributed by atoms with Crippen molar-refractivity contribution in [2.75, 3.05) is 0 Å². The fraction of sp³-hybridized carbons (Fsp3) is 0.222. The Morgan fingerprint density at radius 2 is 2.53 bits per heavy atom. The van der Waals surface area contributed by atoms with Crippen LogP contribution in [0.5, 0.6) is 0 Å². The van der Waals surface area contributed by atoms with Crippen LogP contribution in [0, 0.1) is 6.92 Å². The van der Waals surface area contributed by atoms with Crippen LogP contribution in [0.1, 0.15) is 21.1 Å². The summed E-state index contributed by atoms with van der Waals surface area (Å²) < 4.78 is 0. The van der Waals surface area contributed by atoms with Gasteiger partial charge in [-0.25, -0.2) is 4.98 Å². The molecule has 0 spiro atoms. The maximum atomic E-state index is 11.5. The van der Waals surface area contributed by atoms with Gasteiger partial charge in [-0.05, 0) is 6.92 Å². The maximum absolute atomic E-state index is 11.5. The SMILES string of the molecule is Cc1csc(CNC(=O)c2cn[nH]c2)n1. The van der Waals surface area contributed by atoms with Crippen molar-refractivity contribution in [3.05, 3.63) is 34.0 Å². The van der Waals surface area contributed by atoms with E-state index >= 15 is 0 Å². The number of hydrogen-bond acceptors (Lipinski definition) is 4. The molecule has 15 heavy (non-hydrogen) atoms. The van der Waals surface area contributed by atoms with Crippen molar-refractivity contribution in [2.24, 2.45) is 0 Å². The number of hydrogen-bond donors (Lipinski definition) is 2. The van der Waals surface area contributed by atoms with Crippen molar-refractivity contribution < 1.29 is 4.79 Å². The fourth-order valence-electron chi connectivity index (χ4n) is 1.12. The number of amides is 1. The third-order valence-electron chi connectivity index (χ3n) is 1.83. The average Bonchev–Trinajstić information content (AvgIpc) is 2.84. The molecule has 0 aliphatic heterocycles. The summed E-state index contributed by atoms with van der Waals surface area (Å²) in [6.45, 7) is 2.39. The van der Waals surface area contributed by atoms with Crippen molar-refractivity contribution in [3.8, 4) is 0 Å². The summed E-state index contributed by atoms with van der Waals surface area (Å²) in [4.78, 5) is 15.7. The van der Waals surface area contributed by atoms with Crippen LogP contribution in [-0.2, 0) is 6.54 Å². The van der Waals surface area contributed by atoms with E-state index in [0.29, 0.717) is 12.1 Å². The summed E-state index contributed by atoms with van der Waals surface area (Å²) in [5.74, 6) is -0.142. The number of aryl methyl sites for hydroxylation is 1. The zero-order chi connectivity index (χ0) is 10.7. The summed E-state index contributed by atoms with van der Waals surface area (Å²) in [7, 11) is 0. The largest absolute Gasteiger partial charge is 0.345 e. The quantitative estimate of drug-likeness (QED) is 0.817. The lowest BCUT2D eigenvalue weighted by Crippen LogP contribution is -2.22. The molecule has 0 bridgehead atoms. The number of aromatic amines is 1. The molecule has 2 N–H and O–H groups in total. The summed E-state index contributed by atoms with van der Waals surface area (Å²) in [5, 5.41) is 11.9. The number of carbonyl (C=O) groups excluding carboxylic acids is 1. The molecule has 0 saturated heterocycles. The second kappa shape index (κ2) is 4.22. The lowest BCUT2D eigenvalue weighted by molar-refractivity contribution is 0.0951. The van der Waals surface area contributed by atoms with Crippen LogP contribution in [-0.4, -0.2) is 21.1 Å². The minimum atomic E-state index is -0.142. The smallest absolute Gasteiger partial charge is 0.254 e. The van der Waals surface area contributed by atoms with Gasteiger partial charge in [-0.15, -0.1) is 11.3 Å². The first-order valence-corrected chi connectivity index (χ1v) is 5.31. The summed E-state index contributed by atoms with van der Waals surface area (Å²) in [6, 6.07) is 0. The van der Waals surface area contributed by atoms with E-state index in [0.717, 1.165) is 10.7 Å². The minimum absolute atomic E-state index is 0.142. The van der Waals surface area contributed by atoms with Crippen molar-refractivity contribution in [3.63, 3.8) is 0 Å². The molecule has 0 atom stereocenters. The van der Waals surface area contributed by atoms with Gasteiger partial charge in [-0.3, -0.25) is 9.89 Å². The van der Waals surface area contributed by atoms with Crippen molar-refractivity contribution in [2.45, 2.75) is 13.5 Å². The van der Waals surface area contributed by atoms with Gasteiger partial charge in [0, 0.05) is 17.3 Å². The lowest BCUT2D eigenvalue weighted by atomic mass is 10.3. The molecular weight excluding hydrogens is 212 g/mol. The van der Waals surface area contributed by atoms with E-state index in [2.05, 4.69) is 20.5 Å². The molecule has 0 unspecified atom stereocenters. The highest BCUT2D eigenvalue weighted by molar-refractivity contribution is 7.09. The van der Waals surface area contributed by atoms with Crippen LogP contribution in [0.25, 0.3) is 0 Å². The third kappa shape index (κ3) is 2.41. The molecule has 0 radical (unpaired) electrons. The Morgan fingerprint density at radius 3 is 3.13 bits per heavy atom. The zero-order valence-corrected chi connectivity index (χ0v) is 8.97. The Morgan fingerprint density at radius 1 is 1.67 bits per heavy atom. The minimum Gasteiger partial charge on any atom is -0.345 e. The van der Waals surface area contributed by atoms with Crippen molar-refractivity contribution >= 4 is 17.2 Å². The van der Waals surface area contributed by atoms with E-state index in [1.54, 1.807) is 6.20 Å². The third-order valence-corrected chi connectivity index (χ3v) is 2.79. The Bertz CT molecular complexity index is 448. The zero-order valence-electron chi connectivity index (χ0n) is 8.15. The van der Waals surface area contributed by atoms with Gasteiger partial charge < -0.3 is 5.32 Å². The van der Waals surface area contributed by atoms with Gasteiger partial charge in [0.2, 0.25) is 0 Å². The molecule has 78 valence electrons. The maximum Gasteiger partial charge on any atom is 0.254 e. The first-order chi connectivity index (χ1) is 7.25. The first kappa shape index (κ1) is 9.85. The second-order valence-electron chi connectivity index (χ2n) is 3.05. The van der Waals surface area contributed by atoms with Gasteiger partial charge in [0.25, 0.3) is 5.91 Å². The van der Waals surface area contributed by atoms with Crippen molar-refractivity contribution in [1.29, 1.82) is 0 Å². The van der Waals surface area contributed by atoms with Crippen LogP contribution in [0.2, 0.25) is 0 Å². The molecule has 0 aliphatic rings.